The third-order valence-corrected chi connectivity index (χ3v) is 4.37. The van der Waals surface area contributed by atoms with Crippen LogP contribution in [0.2, 0.25) is 0 Å². The molecule has 0 radical (unpaired) electrons. The third-order valence-electron chi connectivity index (χ3n) is 4.37. The Labute approximate surface area is 118 Å². The molecule has 20 heavy (non-hydrogen) atoms. The van der Waals surface area contributed by atoms with Crippen molar-refractivity contribution in [1.29, 1.82) is 0 Å². The number of benzene rings is 1. The highest BCUT2D eigenvalue weighted by Gasteiger charge is 2.41. The molecule has 1 aliphatic carbocycles. The van der Waals surface area contributed by atoms with E-state index in [1.807, 2.05) is 18.2 Å². The van der Waals surface area contributed by atoms with Crippen molar-refractivity contribution in [2.45, 2.75) is 38.5 Å². The molecule has 0 atom stereocenters. The topological polar surface area (TPSA) is 55.8 Å². The van der Waals surface area contributed by atoms with Crippen LogP contribution in [-0.2, 0) is 11.2 Å². The van der Waals surface area contributed by atoms with Crippen molar-refractivity contribution < 1.29 is 19.4 Å². The van der Waals surface area contributed by atoms with E-state index >= 15 is 0 Å². The van der Waals surface area contributed by atoms with Crippen molar-refractivity contribution >= 4 is 5.97 Å². The quantitative estimate of drug-likeness (QED) is 0.922. The van der Waals surface area contributed by atoms with Gasteiger partial charge in [0, 0.05) is 6.42 Å². The van der Waals surface area contributed by atoms with Gasteiger partial charge in [-0.25, -0.2) is 0 Å². The van der Waals surface area contributed by atoms with Crippen molar-refractivity contribution in [2.24, 2.45) is 5.41 Å². The molecule has 0 amide bonds. The van der Waals surface area contributed by atoms with E-state index in [0.717, 1.165) is 49.2 Å². The normalized spacial score (nSPS) is 20.4. The van der Waals surface area contributed by atoms with Crippen LogP contribution in [0, 0.1) is 5.41 Å². The molecular formula is C16H20O4. The first-order chi connectivity index (χ1) is 9.70. The van der Waals surface area contributed by atoms with E-state index in [0.29, 0.717) is 19.6 Å². The van der Waals surface area contributed by atoms with Crippen molar-refractivity contribution in [3.63, 3.8) is 0 Å². The average Bonchev–Trinajstić information content (AvgIpc) is 2.78. The van der Waals surface area contributed by atoms with Gasteiger partial charge in [-0.1, -0.05) is 18.9 Å². The fraction of sp³-hybridized carbons (Fsp3) is 0.562. The minimum atomic E-state index is -0.665. The predicted molar refractivity (Wildman–Crippen MR) is 74.3 cm³/mol. The van der Waals surface area contributed by atoms with Crippen molar-refractivity contribution in [3.05, 3.63) is 23.8 Å². The van der Waals surface area contributed by atoms with Gasteiger partial charge < -0.3 is 14.6 Å². The van der Waals surface area contributed by atoms with Crippen LogP contribution in [0.25, 0.3) is 0 Å². The van der Waals surface area contributed by atoms with E-state index in [4.69, 9.17) is 9.47 Å². The first-order valence-electron chi connectivity index (χ1n) is 7.32. The lowest BCUT2D eigenvalue weighted by molar-refractivity contribution is -0.148. The Balaban J connectivity index is 1.84. The van der Waals surface area contributed by atoms with E-state index < -0.39 is 11.4 Å². The Hall–Kier alpha value is -1.71. The molecule has 0 unspecified atom stereocenters. The molecule has 2 aliphatic rings. The summed E-state index contributed by atoms with van der Waals surface area (Å²) in [5.41, 5.74) is 0.443. The number of rotatable bonds is 3. The lowest BCUT2D eigenvalue weighted by atomic mass is 9.80. The van der Waals surface area contributed by atoms with Gasteiger partial charge in [0.05, 0.1) is 18.6 Å². The lowest BCUT2D eigenvalue weighted by Crippen LogP contribution is -2.30. The van der Waals surface area contributed by atoms with E-state index in [1.54, 1.807) is 0 Å². The molecule has 0 aromatic heterocycles. The van der Waals surface area contributed by atoms with Gasteiger partial charge in [-0.2, -0.15) is 0 Å². The molecular weight excluding hydrogens is 256 g/mol. The summed E-state index contributed by atoms with van der Waals surface area (Å²) in [5, 5.41) is 9.55. The first kappa shape index (κ1) is 13.3. The number of ether oxygens (including phenoxy) is 2. The highest BCUT2D eigenvalue weighted by molar-refractivity contribution is 5.75. The standard InChI is InChI=1S/C16H20O4/c17-15(18)16(6-1-2-7-16)11-12-4-5-13-14(10-12)20-9-3-8-19-13/h4-5,10H,1-3,6-9,11H2,(H,17,18). The summed E-state index contributed by atoms with van der Waals surface area (Å²) in [6, 6.07) is 5.82. The van der Waals surface area contributed by atoms with E-state index in [-0.39, 0.29) is 0 Å². The second-order valence-electron chi connectivity index (χ2n) is 5.80. The van der Waals surface area contributed by atoms with E-state index in [1.165, 1.54) is 0 Å². The first-order valence-corrected chi connectivity index (χ1v) is 7.32. The number of carbonyl (C=O) groups is 1. The second-order valence-corrected chi connectivity index (χ2v) is 5.80. The molecule has 0 spiro atoms. The van der Waals surface area contributed by atoms with Crippen molar-refractivity contribution in [2.75, 3.05) is 13.2 Å². The SMILES string of the molecule is O=C(O)C1(Cc2ccc3c(c2)OCCCO3)CCCC1. The van der Waals surface area contributed by atoms with Crippen LogP contribution in [0.5, 0.6) is 11.5 Å². The number of hydrogen-bond donors (Lipinski definition) is 1. The number of fused-ring (bicyclic) bond motifs is 1. The molecule has 4 nitrogen and oxygen atoms in total. The van der Waals surface area contributed by atoms with Crippen molar-refractivity contribution in [1.82, 2.24) is 0 Å². The molecule has 1 aromatic rings. The summed E-state index contributed by atoms with van der Waals surface area (Å²) in [7, 11) is 0. The van der Waals surface area contributed by atoms with Gasteiger partial charge in [-0.3, -0.25) is 4.79 Å². The molecule has 3 rings (SSSR count). The van der Waals surface area contributed by atoms with E-state index in [9.17, 15) is 9.90 Å². The van der Waals surface area contributed by atoms with Crippen LogP contribution in [0.1, 0.15) is 37.7 Å². The maximum Gasteiger partial charge on any atom is 0.309 e. The molecule has 4 heteroatoms. The Morgan fingerprint density at radius 3 is 2.50 bits per heavy atom. The minimum absolute atomic E-state index is 0.582. The maximum atomic E-state index is 11.6. The van der Waals surface area contributed by atoms with Gasteiger partial charge >= 0.3 is 5.97 Å². The van der Waals surface area contributed by atoms with Gasteiger partial charge in [0.1, 0.15) is 0 Å². The molecule has 1 aromatic carbocycles. The zero-order valence-corrected chi connectivity index (χ0v) is 11.6. The van der Waals surface area contributed by atoms with Crippen LogP contribution in [0.4, 0.5) is 0 Å². The fourth-order valence-corrected chi connectivity index (χ4v) is 3.23. The Kier molecular flexibility index (Phi) is 3.55. The number of hydrogen-bond acceptors (Lipinski definition) is 3. The summed E-state index contributed by atoms with van der Waals surface area (Å²) in [5.74, 6) is 0.850. The molecule has 0 saturated heterocycles. The monoisotopic (exact) mass is 276 g/mol. The molecule has 1 N–H and O–H groups in total. The number of carboxylic acid groups (broad SMARTS) is 1. The summed E-state index contributed by atoms with van der Waals surface area (Å²) in [6.45, 7) is 1.33. The largest absolute Gasteiger partial charge is 0.490 e. The van der Waals surface area contributed by atoms with Crippen molar-refractivity contribution in [3.8, 4) is 11.5 Å². The average molecular weight is 276 g/mol. The van der Waals surface area contributed by atoms with Crippen LogP contribution < -0.4 is 9.47 Å². The molecule has 108 valence electrons. The highest BCUT2D eigenvalue weighted by atomic mass is 16.5. The number of aliphatic carboxylic acids is 1. The van der Waals surface area contributed by atoms with Gasteiger partial charge in [-0.05, 0) is 37.0 Å². The fourth-order valence-electron chi connectivity index (χ4n) is 3.23. The van der Waals surface area contributed by atoms with Gasteiger partial charge in [0.2, 0.25) is 0 Å². The Morgan fingerprint density at radius 2 is 1.80 bits per heavy atom. The smallest absolute Gasteiger partial charge is 0.309 e. The maximum absolute atomic E-state index is 11.6. The summed E-state index contributed by atoms with van der Waals surface area (Å²) < 4.78 is 11.3. The molecule has 1 saturated carbocycles. The van der Waals surface area contributed by atoms with Gasteiger partial charge in [0.15, 0.2) is 11.5 Å². The Morgan fingerprint density at radius 1 is 1.10 bits per heavy atom. The van der Waals surface area contributed by atoms with Gasteiger partial charge in [0.25, 0.3) is 0 Å². The molecule has 1 aliphatic heterocycles. The second kappa shape index (κ2) is 5.35. The highest BCUT2D eigenvalue weighted by Crippen LogP contribution is 2.42. The minimum Gasteiger partial charge on any atom is -0.490 e. The lowest BCUT2D eigenvalue weighted by Gasteiger charge is -2.24. The van der Waals surface area contributed by atoms with Crippen LogP contribution in [0.3, 0.4) is 0 Å². The van der Waals surface area contributed by atoms with Crippen LogP contribution >= 0.6 is 0 Å². The Bertz CT molecular complexity index is 503. The molecule has 1 fully saturated rings. The zero-order chi connectivity index (χ0) is 14.0. The third kappa shape index (κ3) is 2.47. The van der Waals surface area contributed by atoms with Crippen LogP contribution in [0.15, 0.2) is 18.2 Å². The zero-order valence-electron chi connectivity index (χ0n) is 11.6. The van der Waals surface area contributed by atoms with E-state index in [2.05, 4.69) is 0 Å². The number of carboxylic acids is 1. The summed E-state index contributed by atoms with van der Waals surface area (Å²) in [6.07, 6.45) is 5.03. The molecule has 1 heterocycles. The molecule has 0 bridgehead atoms. The van der Waals surface area contributed by atoms with Gasteiger partial charge in [-0.15, -0.1) is 0 Å². The predicted octanol–water partition coefficient (Wildman–Crippen LogP) is 3.04. The van der Waals surface area contributed by atoms with Crippen LogP contribution in [-0.4, -0.2) is 24.3 Å². The summed E-state index contributed by atoms with van der Waals surface area (Å²) >= 11 is 0. The summed E-state index contributed by atoms with van der Waals surface area (Å²) in [4.78, 5) is 11.6.